The molecule has 0 radical (unpaired) electrons. The molecule has 2 atom stereocenters. The van der Waals surface area contributed by atoms with Crippen molar-refractivity contribution in [1.29, 1.82) is 0 Å². The van der Waals surface area contributed by atoms with Crippen LogP contribution in [0.15, 0.2) is 0 Å². The first-order valence-electron chi connectivity index (χ1n) is 5.71. The summed E-state index contributed by atoms with van der Waals surface area (Å²) >= 11 is 0. The average molecular weight is 212 g/mol. The van der Waals surface area contributed by atoms with Crippen molar-refractivity contribution in [1.82, 2.24) is 4.90 Å². The third-order valence-corrected chi connectivity index (χ3v) is 3.08. The molecule has 0 aromatic heterocycles. The van der Waals surface area contributed by atoms with E-state index < -0.39 is 6.04 Å². The van der Waals surface area contributed by atoms with Crippen LogP contribution in [0, 0.1) is 5.92 Å². The molecule has 1 rings (SSSR count). The molecule has 1 unspecified atom stereocenters. The molecule has 4 heteroatoms. The van der Waals surface area contributed by atoms with Crippen LogP contribution < -0.4 is 5.73 Å². The minimum Gasteiger partial charge on any atom is -0.368 e. The Hall–Kier alpha value is -1.06. The topological polar surface area (TPSA) is 63.4 Å². The summed E-state index contributed by atoms with van der Waals surface area (Å²) in [6.07, 6.45) is 3.42. The zero-order valence-electron chi connectivity index (χ0n) is 9.53. The van der Waals surface area contributed by atoms with Gasteiger partial charge in [0.15, 0.2) is 0 Å². The van der Waals surface area contributed by atoms with Gasteiger partial charge in [0.25, 0.3) is 0 Å². The highest BCUT2D eigenvalue weighted by atomic mass is 16.2. The van der Waals surface area contributed by atoms with E-state index in [1.807, 2.05) is 6.92 Å². The largest absolute Gasteiger partial charge is 0.368 e. The quantitative estimate of drug-likeness (QED) is 0.736. The standard InChI is InChI=1S/C11H20N2O2/c1-3-5-8-6-7-13(11(8)15)9(4-2)10(12)14/h8-9H,3-7H2,1-2H3,(H2,12,14)/t8?,9-/m0/s1. The summed E-state index contributed by atoms with van der Waals surface area (Å²) in [5.74, 6) is -0.158. The Balaban J connectivity index is 2.65. The number of carbonyl (C=O) groups excluding carboxylic acids is 2. The smallest absolute Gasteiger partial charge is 0.240 e. The van der Waals surface area contributed by atoms with Crippen LogP contribution in [0.1, 0.15) is 39.5 Å². The van der Waals surface area contributed by atoms with E-state index in [1.165, 1.54) is 0 Å². The molecular formula is C11H20N2O2. The molecular weight excluding hydrogens is 192 g/mol. The van der Waals surface area contributed by atoms with Gasteiger partial charge >= 0.3 is 0 Å². The second-order valence-corrected chi connectivity index (χ2v) is 4.13. The summed E-state index contributed by atoms with van der Waals surface area (Å²) in [6, 6.07) is -0.403. The zero-order valence-corrected chi connectivity index (χ0v) is 9.53. The van der Waals surface area contributed by atoms with Gasteiger partial charge in [-0.15, -0.1) is 0 Å². The first-order valence-corrected chi connectivity index (χ1v) is 5.71. The van der Waals surface area contributed by atoms with Crippen LogP contribution in [-0.2, 0) is 9.59 Å². The van der Waals surface area contributed by atoms with Crippen molar-refractivity contribution < 1.29 is 9.59 Å². The monoisotopic (exact) mass is 212 g/mol. The predicted molar refractivity (Wildman–Crippen MR) is 58.0 cm³/mol. The van der Waals surface area contributed by atoms with E-state index in [0.717, 1.165) is 19.3 Å². The van der Waals surface area contributed by atoms with Gasteiger partial charge in [-0.2, -0.15) is 0 Å². The lowest BCUT2D eigenvalue weighted by Crippen LogP contribution is -2.45. The van der Waals surface area contributed by atoms with Gasteiger partial charge in [-0.25, -0.2) is 0 Å². The van der Waals surface area contributed by atoms with Gasteiger partial charge in [0.2, 0.25) is 11.8 Å². The molecule has 0 bridgehead atoms. The number of hydrogen-bond acceptors (Lipinski definition) is 2. The average Bonchev–Trinajstić information content (AvgIpc) is 2.51. The second kappa shape index (κ2) is 5.14. The maximum absolute atomic E-state index is 11.9. The molecule has 0 aromatic carbocycles. The van der Waals surface area contributed by atoms with Crippen molar-refractivity contribution in [3.05, 3.63) is 0 Å². The second-order valence-electron chi connectivity index (χ2n) is 4.13. The van der Waals surface area contributed by atoms with Crippen molar-refractivity contribution in [3.63, 3.8) is 0 Å². The summed E-state index contributed by atoms with van der Waals surface area (Å²) in [6.45, 7) is 4.64. The highest BCUT2D eigenvalue weighted by molar-refractivity contribution is 5.88. The molecule has 1 heterocycles. The first-order chi connectivity index (χ1) is 7.11. The van der Waals surface area contributed by atoms with Crippen LogP contribution in [0.25, 0.3) is 0 Å². The van der Waals surface area contributed by atoms with Crippen LogP contribution >= 0.6 is 0 Å². The number of amides is 2. The van der Waals surface area contributed by atoms with Gasteiger partial charge in [0.1, 0.15) is 6.04 Å². The highest BCUT2D eigenvalue weighted by Crippen LogP contribution is 2.25. The van der Waals surface area contributed by atoms with Crippen LogP contribution in [0.3, 0.4) is 0 Å². The van der Waals surface area contributed by atoms with Gasteiger partial charge in [-0.3, -0.25) is 9.59 Å². The minimum absolute atomic E-state index is 0.113. The Morgan fingerprint density at radius 3 is 2.73 bits per heavy atom. The fourth-order valence-electron chi connectivity index (χ4n) is 2.26. The summed E-state index contributed by atoms with van der Waals surface area (Å²) in [4.78, 5) is 24.7. The van der Waals surface area contributed by atoms with Crippen molar-refractivity contribution in [3.8, 4) is 0 Å². The zero-order chi connectivity index (χ0) is 11.4. The van der Waals surface area contributed by atoms with Crippen molar-refractivity contribution in [2.24, 2.45) is 11.7 Å². The van der Waals surface area contributed by atoms with Crippen molar-refractivity contribution in [2.75, 3.05) is 6.54 Å². The third-order valence-electron chi connectivity index (χ3n) is 3.08. The molecule has 0 aromatic rings. The molecule has 0 spiro atoms. The van der Waals surface area contributed by atoms with E-state index >= 15 is 0 Å². The number of carbonyl (C=O) groups is 2. The van der Waals surface area contributed by atoms with Gasteiger partial charge in [0.05, 0.1) is 0 Å². The maximum Gasteiger partial charge on any atom is 0.240 e. The first kappa shape index (κ1) is 12.0. The lowest BCUT2D eigenvalue weighted by atomic mass is 10.0. The Bertz CT molecular complexity index is 253. The maximum atomic E-state index is 11.9. The molecule has 15 heavy (non-hydrogen) atoms. The van der Waals surface area contributed by atoms with Crippen LogP contribution in [0.4, 0.5) is 0 Å². The van der Waals surface area contributed by atoms with Crippen molar-refractivity contribution in [2.45, 2.75) is 45.6 Å². The number of nitrogens with zero attached hydrogens (tertiary/aromatic N) is 1. The summed E-state index contributed by atoms with van der Waals surface area (Å²) in [7, 11) is 0. The van der Waals surface area contributed by atoms with E-state index in [2.05, 4.69) is 6.92 Å². The van der Waals surface area contributed by atoms with E-state index in [1.54, 1.807) is 4.90 Å². The molecule has 1 aliphatic heterocycles. The SMILES string of the molecule is CCCC1CCN([C@@H](CC)C(N)=O)C1=O. The highest BCUT2D eigenvalue weighted by Gasteiger charge is 2.36. The minimum atomic E-state index is -0.403. The number of rotatable bonds is 5. The molecule has 2 N–H and O–H groups in total. The predicted octanol–water partition coefficient (Wildman–Crippen LogP) is 0.899. The lowest BCUT2D eigenvalue weighted by molar-refractivity contribution is -0.138. The van der Waals surface area contributed by atoms with Gasteiger partial charge < -0.3 is 10.6 Å². The summed E-state index contributed by atoms with van der Waals surface area (Å²) < 4.78 is 0. The Kier molecular flexibility index (Phi) is 4.12. The molecule has 0 aliphatic carbocycles. The molecule has 1 aliphatic rings. The molecule has 0 saturated carbocycles. The van der Waals surface area contributed by atoms with Gasteiger partial charge in [-0.05, 0) is 19.3 Å². The molecule has 1 saturated heterocycles. The Morgan fingerprint density at radius 2 is 2.27 bits per heavy atom. The Labute approximate surface area is 90.8 Å². The summed E-state index contributed by atoms with van der Waals surface area (Å²) in [5, 5.41) is 0. The van der Waals surface area contributed by atoms with Crippen LogP contribution in [0.2, 0.25) is 0 Å². The molecule has 4 nitrogen and oxygen atoms in total. The van der Waals surface area contributed by atoms with Gasteiger partial charge in [-0.1, -0.05) is 20.3 Å². The fourth-order valence-corrected chi connectivity index (χ4v) is 2.26. The van der Waals surface area contributed by atoms with E-state index in [4.69, 9.17) is 5.73 Å². The van der Waals surface area contributed by atoms with E-state index in [0.29, 0.717) is 13.0 Å². The third kappa shape index (κ3) is 2.49. The summed E-state index contributed by atoms with van der Waals surface area (Å²) in [5.41, 5.74) is 5.28. The van der Waals surface area contributed by atoms with E-state index in [-0.39, 0.29) is 17.7 Å². The number of nitrogens with two attached hydrogens (primary N) is 1. The number of likely N-dealkylation sites (tertiary alicyclic amines) is 1. The molecule has 86 valence electrons. The van der Waals surface area contributed by atoms with Crippen LogP contribution in [0.5, 0.6) is 0 Å². The van der Waals surface area contributed by atoms with Crippen molar-refractivity contribution >= 4 is 11.8 Å². The van der Waals surface area contributed by atoms with Gasteiger partial charge in [0, 0.05) is 12.5 Å². The normalized spacial score (nSPS) is 23.2. The fraction of sp³-hybridized carbons (Fsp3) is 0.818. The molecule has 1 fully saturated rings. The number of primary amides is 1. The van der Waals surface area contributed by atoms with E-state index in [9.17, 15) is 9.59 Å². The number of hydrogen-bond donors (Lipinski definition) is 1. The van der Waals surface area contributed by atoms with Crippen LogP contribution in [-0.4, -0.2) is 29.3 Å². The molecule has 2 amide bonds. The lowest BCUT2D eigenvalue weighted by Gasteiger charge is -2.24. The Morgan fingerprint density at radius 1 is 1.60 bits per heavy atom.